The van der Waals surface area contributed by atoms with E-state index in [9.17, 15) is 22.4 Å². The molecular formula is C6H5F4N3O3. The zero-order valence-electron chi connectivity index (χ0n) is 7.38. The van der Waals surface area contributed by atoms with Gasteiger partial charge in [0.15, 0.2) is 5.82 Å². The molecule has 1 aromatic rings. The van der Waals surface area contributed by atoms with Gasteiger partial charge in [0.1, 0.15) is 5.82 Å². The normalized spacial score (nSPS) is 10.2. The van der Waals surface area contributed by atoms with E-state index >= 15 is 0 Å². The summed E-state index contributed by atoms with van der Waals surface area (Å²) in [5, 5.41) is 7.12. The minimum Gasteiger partial charge on any atom is -0.475 e. The molecule has 0 fully saturated rings. The third-order valence-corrected chi connectivity index (χ3v) is 1.04. The first-order chi connectivity index (χ1) is 7.14. The molecule has 0 spiro atoms. The van der Waals surface area contributed by atoms with Crippen molar-refractivity contribution >= 4 is 11.8 Å². The molecule has 0 unspecified atom stereocenters. The summed E-state index contributed by atoms with van der Waals surface area (Å²) in [4.78, 5) is 24.2. The maximum absolute atomic E-state index is 12.1. The molecule has 1 heterocycles. The van der Waals surface area contributed by atoms with Gasteiger partial charge in [-0.3, -0.25) is 4.98 Å². The van der Waals surface area contributed by atoms with Gasteiger partial charge < -0.3 is 10.8 Å². The summed E-state index contributed by atoms with van der Waals surface area (Å²) in [6, 6.07) is 0. The molecule has 0 amide bonds. The van der Waals surface area contributed by atoms with Gasteiger partial charge in [-0.05, 0) is 0 Å². The number of nitrogens with one attached hydrogen (secondary N) is 1. The number of halogens is 4. The minimum absolute atomic E-state index is 0.282. The second-order valence-corrected chi connectivity index (χ2v) is 2.25. The molecular weight excluding hydrogens is 238 g/mol. The van der Waals surface area contributed by atoms with Gasteiger partial charge in [-0.1, -0.05) is 0 Å². The summed E-state index contributed by atoms with van der Waals surface area (Å²) in [7, 11) is 0. The van der Waals surface area contributed by atoms with Gasteiger partial charge in [0.25, 0.3) is 0 Å². The van der Waals surface area contributed by atoms with Gasteiger partial charge >= 0.3 is 17.8 Å². The van der Waals surface area contributed by atoms with Crippen molar-refractivity contribution in [2.45, 2.75) is 6.18 Å². The molecule has 0 saturated heterocycles. The van der Waals surface area contributed by atoms with Crippen LogP contribution < -0.4 is 11.4 Å². The number of hydrogen-bond donors (Lipinski definition) is 3. The van der Waals surface area contributed by atoms with Gasteiger partial charge in [-0.25, -0.2) is 14.0 Å². The van der Waals surface area contributed by atoms with E-state index in [0.717, 1.165) is 6.20 Å². The van der Waals surface area contributed by atoms with Crippen molar-refractivity contribution in [3.05, 3.63) is 22.5 Å². The van der Waals surface area contributed by atoms with Gasteiger partial charge in [0, 0.05) is 0 Å². The highest BCUT2D eigenvalue weighted by atomic mass is 19.4. The minimum atomic E-state index is -5.08. The van der Waals surface area contributed by atoms with Crippen molar-refractivity contribution in [2.75, 3.05) is 5.73 Å². The number of carbonyl (C=O) groups is 1. The first-order valence-electron chi connectivity index (χ1n) is 3.45. The molecule has 0 atom stereocenters. The van der Waals surface area contributed by atoms with Crippen LogP contribution in [-0.2, 0) is 4.79 Å². The number of alkyl halides is 3. The van der Waals surface area contributed by atoms with Gasteiger partial charge in [-0.2, -0.15) is 18.2 Å². The second kappa shape index (κ2) is 5.09. The Hall–Kier alpha value is -2.13. The number of rotatable bonds is 0. The lowest BCUT2D eigenvalue weighted by molar-refractivity contribution is -0.192. The first-order valence-corrected chi connectivity index (χ1v) is 3.45. The van der Waals surface area contributed by atoms with Crippen LogP contribution in [0.1, 0.15) is 0 Å². The number of carboxylic acid groups (broad SMARTS) is 1. The Morgan fingerprint density at radius 2 is 1.94 bits per heavy atom. The quantitative estimate of drug-likeness (QED) is 0.561. The van der Waals surface area contributed by atoms with E-state index in [1.54, 1.807) is 0 Å². The van der Waals surface area contributed by atoms with Crippen LogP contribution in [-0.4, -0.2) is 27.2 Å². The van der Waals surface area contributed by atoms with Crippen molar-refractivity contribution in [1.82, 2.24) is 9.97 Å². The van der Waals surface area contributed by atoms with Crippen LogP contribution in [0.4, 0.5) is 23.4 Å². The summed E-state index contributed by atoms with van der Waals surface area (Å²) in [5.41, 5.74) is 4.31. The van der Waals surface area contributed by atoms with E-state index < -0.39 is 23.7 Å². The molecule has 0 radical (unpaired) electrons. The maximum atomic E-state index is 12.1. The standard InChI is InChI=1S/C4H4FN3O.C2HF3O2/c5-2-1-7-4(9)8-3(2)6;3-2(4,5)1(6)7/h1H,(H3,6,7,8,9);(H,6,7). The number of hydrogen-bond acceptors (Lipinski definition) is 4. The molecule has 1 aromatic heterocycles. The summed E-state index contributed by atoms with van der Waals surface area (Å²) in [6.45, 7) is 0. The zero-order valence-corrected chi connectivity index (χ0v) is 7.38. The van der Waals surface area contributed by atoms with E-state index in [0.29, 0.717) is 0 Å². The molecule has 0 bridgehead atoms. The number of nitrogen functional groups attached to an aromatic ring is 1. The maximum Gasteiger partial charge on any atom is 0.490 e. The molecule has 0 aliphatic rings. The van der Waals surface area contributed by atoms with E-state index in [1.807, 2.05) is 4.98 Å². The Balaban J connectivity index is 0.000000293. The van der Waals surface area contributed by atoms with Crippen molar-refractivity contribution < 1.29 is 27.5 Å². The number of aromatic nitrogens is 2. The van der Waals surface area contributed by atoms with Crippen LogP contribution in [0.25, 0.3) is 0 Å². The Kier molecular flexibility index (Phi) is 4.41. The predicted octanol–water partition coefficient (Wildman–Crippen LogP) is 0.124. The second-order valence-electron chi connectivity index (χ2n) is 2.25. The predicted molar refractivity (Wildman–Crippen MR) is 42.9 cm³/mol. The van der Waals surface area contributed by atoms with Gasteiger partial charge in [0.05, 0.1) is 6.20 Å². The fourth-order valence-electron chi connectivity index (χ4n) is 0.392. The van der Waals surface area contributed by atoms with E-state index in [4.69, 9.17) is 15.6 Å². The first kappa shape index (κ1) is 13.9. The summed E-state index contributed by atoms with van der Waals surface area (Å²) < 4.78 is 43.9. The van der Waals surface area contributed by atoms with Gasteiger partial charge in [-0.15, -0.1) is 0 Å². The average Bonchev–Trinajstić information content (AvgIpc) is 2.11. The summed E-state index contributed by atoms with van der Waals surface area (Å²) in [6.07, 6.45) is -4.31. The molecule has 10 heteroatoms. The van der Waals surface area contributed by atoms with E-state index in [-0.39, 0.29) is 5.82 Å². The fraction of sp³-hybridized carbons (Fsp3) is 0.167. The van der Waals surface area contributed by atoms with Crippen LogP contribution in [0.2, 0.25) is 0 Å². The molecule has 0 aromatic carbocycles. The molecule has 0 aliphatic heterocycles. The monoisotopic (exact) mass is 243 g/mol. The average molecular weight is 243 g/mol. The molecule has 6 nitrogen and oxygen atoms in total. The number of carboxylic acids is 1. The topological polar surface area (TPSA) is 109 Å². The lowest BCUT2D eigenvalue weighted by Gasteiger charge is -1.93. The summed E-state index contributed by atoms with van der Waals surface area (Å²) >= 11 is 0. The lowest BCUT2D eigenvalue weighted by Crippen LogP contribution is -2.21. The number of aliphatic carboxylic acids is 1. The smallest absolute Gasteiger partial charge is 0.475 e. The van der Waals surface area contributed by atoms with E-state index in [2.05, 4.69) is 4.98 Å². The van der Waals surface area contributed by atoms with Crippen LogP contribution in [0, 0.1) is 5.82 Å². The van der Waals surface area contributed by atoms with Crippen molar-refractivity contribution in [3.63, 3.8) is 0 Å². The number of nitrogens with two attached hydrogens (primary N) is 1. The van der Waals surface area contributed by atoms with E-state index in [1.165, 1.54) is 0 Å². The SMILES string of the molecule is Nc1[nH]c(=O)ncc1F.O=C(O)C(F)(F)F. The third-order valence-electron chi connectivity index (χ3n) is 1.04. The van der Waals surface area contributed by atoms with Crippen LogP contribution in [0.15, 0.2) is 11.0 Å². The third kappa shape index (κ3) is 4.93. The molecule has 4 N–H and O–H groups in total. The molecule has 0 saturated carbocycles. The highest BCUT2D eigenvalue weighted by molar-refractivity contribution is 5.73. The molecule has 90 valence electrons. The largest absolute Gasteiger partial charge is 0.490 e. The van der Waals surface area contributed by atoms with Crippen LogP contribution in [0.3, 0.4) is 0 Å². The van der Waals surface area contributed by atoms with Crippen LogP contribution in [0.5, 0.6) is 0 Å². The fourth-order valence-corrected chi connectivity index (χ4v) is 0.392. The highest BCUT2D eigenvalue weighted by Crippen LogP contribution is 2.13. The van der Waals surface area contributed by atoms with Crippen molar-refractivity contribution in [1.29, 1.82) is 0 Å². The molecule has 16 heavy (non-hydrogen) atoms. The number of nitrogens with zero attached hydrogens (tertiary/aromatic N) is 1. The van der Waals surface area contributed by atoms with Crippen molar-refractivity contribution in [3.8, 4) is 0 Å². The number of H-pyrrole nitrogens is 1. The zero-order chi connectivity index (χ0) is 12.9. The number of aromatic amines is 1. The Labute approximate surface area is 84.7 Å². The molecule has 0 aliphatic carbocycles. The van der Waals surface area contributed by atoms with Gasteiger partial charge in [0.2, 0.25) is 0 Å². The number of anilines is 1. The Bertz CT molecular complexity index is 428. The highest BCUT2D eigenvalue weighted by Gasteiger charge is 2.38. The van der Waals surface area contributed by atoms with Crippen molar-refractivity contribution in [2.24, 2.45) is 0 Å². The molecule has 1 rings (SSSR count). The lowest BCUT2D eigenvalue weighted by atomic mass is 10.6. The Morgan fingerprint density at radius 3 is 2.19 bits per heavy atom. The summed E-state index contributed by atoms with van der Waals surface area (Å²) in [5.74, 6) is -3.75. The van der Waals surface area contributed by atoms with Crippen LogP contribution >= 0.6 is 0 Å². The Morgan fingerprint density at radius 1 is 1.50 bits per heavy atom.